The first-order chi connectivity index (χ1) is 19.1. The number of H-pyrrole nitrogens is 1. The maximum absolute atomic E-state index is 13.8. The minimum atomic E-state index is 0.0235. The molecule has 8 heteroatoms. The van der Waals surface area contributed by atoms with Gasteiger partial charge in [0.2, 0.25) is 0 Å². The monoisotopic (exact) mass is 520 g/mol. The predicted octanol–water partition coefficient (Wildman–Crippen LogP) is 5.14. The zero-order valence-corrected chi connectivity index (χ0v) is 22.5. The Morgan fingerprint density at radius 2 is 1.69 bits per heavy atom. The van der Waals surface area contributed by atoms with Crippen LogP contribution in [0.2, 0.25) is 0 Å². The first kappa shape index (κ1) is 26.2. The summed E-state index contributed by atoms with van der Waals surface area (Å²) in [6.07, 6.45) is 2.20. The topological polar surface area (TPSA) is 98.6 Å². The normalized spacial score (nSPS) is 11.2. The summed E-state index contributed by atoms with van der Waals surface area (Å²) in [5, 5.41) is 14.3. The standard InChI is InChI=1S/C31H32N6O2/c1-4-8-29-32-21(2)28(18-23-9-7-10-24(17-23)20-39-3)31(38)37(29)19-22-13-15-25(16-14-22)26-11-5-6-12-27(26)30-33-35-36-34-30/h5-7,9-17H,4,8,18-20H2,1-3H3,(H,33,34,35,36). The first-order valence-electron chi connectivity index (χ1n) is 13.2. The number of rotatable bonds is 10. The van der Waals surface area contributed by atoms with E-state index in [0.29, 0.717) is 25.4 Å². The molecule has 39 heavy (non-hydrogen) atoms. The molecule has 0 saturated carbocycles. The largest absolute Gasteiger partial charge is 0.380 e. The fourth-order valence-electron chi connectivity index (χ4n) is 4.92. The Morgan fingerprint density at radius 3 is 2.41 bits per heavy atom. The lowest BCUT2D eigenvalue weighted by Gasteiger charge is -2.16. The minimum absolute atomic E-state index is 0.0235. The third-order valence-corrected chi connectivity index (χ3v) is 6.84. The number of aromatic nitrogens is 6. The van der Waals surface area contributed by atoms with E-state index in [1.807, 2.05) is 47.9 Å². The van der Waals surface area contributed by atoms with Crippen molar-refractivity contribution >= 4 is 0 Å². The molecular weight excluding hydrogens is 488 g/mol. The van der Waals surface area contributed by atoms with Gasteiger partial charge in [-0.15, -0.1) is 5.10 Å². The van der Waals surface area contributed by atoms with Crippen molar-refractivity contribution in [2.24, 2.45) is 0 Å². The van der Waals surface area contributed by atoms with Crippen LogP contribution in [0, 0.1) is 6.92 Å². The van der Waals surface area contributed by atoms with Crippen LogP contribution in [0.5, 0.6) is 0 Å². The van der Waals surface area contributed by atoms with E-state index in [1.54, 1.807) is 7.11 Å². The van der Waals surface area contributed by atoms with Crippen molar-refractivity contribution in [1.29, 1.82) is 0 Å². The Bertz CT molecular complexity index is 1610. The van der Waals surface area contributed by atoms with Gasteiger partial charge >= 0.3 is 0 Å². The van der Waals surface area contributed by atoms with E-state index in [9.17, 15) is 4.79 Å². The second kappa shape index (κ2) is 12.0. The zero-order valence-electron chi connectivity index (χ0n) is 22.5. The highest BCUT2D eigenvalue weighted by Crippen LogP contribution is 2.29. The van der Waals surface area contributed by atoms with Crippen molar-refractivity contribution in [2.75, 3.05) is 7.11 Å². The summed E-state index contributed by atoms with van der Waals surface area (Å²) in [5.41, 5.74) is 7.76. The van der Waals surface area contributed by atoms with Crippen LogP contribution >= 0.6 is 0 Å². The van der Waals surface area contributed by atoms with Gasteiger partial charge in [-0.1, -0.05) is 79.7 Å². The number of methoxy groups -OCH3 is 1. The van der Waals surface area contributed by atoms with Crippen LogP contribution in [0.3, 0.4) is 0 Å². The van der Waals surface area contributed by atoms with Crippen LogP contribution in [0.4, 0.5) is 0 Å². The van der Waals surface area contributed by atoms with Crippen LogP contribution in [0.25, 0.3) is 22.5 Å². The Morgan fingerprint density at radius 1 is 0.923 bits per heavy atom. The number of aryl methyl sites for hydroxylation is 2. The maximum Gasteiger partial charge on any atom is 0.257 e. The van der Waals surface area contributed by atoms with Gasteiger partial charge in [-0.05, 0) is 51.6 Å². The Kier molecular flexibility index (Phi) is 8.03. The Balaban J connectivity index is 1.46. The average Bonchev–Trinajstić information content (AvgIpc) is 3.49. The van der Waals surface area contributed by atoms with E-state index in [1.165, 1.54) is 0 Å². The molecular formula is C31H32N6O2. The third-order valence-electron chi connectivity index (χ3n) is 6.84. The number of hydrogen-bond donors (Lipinski definition) is 1. The van der Waals surface area contributed by atoms with Crippen molar-refractivity contribution < 1.29 is 4.74 Å². The van der Waals surface area contributed by atoms with Crippen LogP contribution in [0.1, 0.15) is 47.1 Å². The molecule has 0 fully saturated rings. The molecule has 0 spiro atoms. The van der Waals surface area contributed by atoms with Crippen molar-refractivity contribution in [3.8, 4) is 22.5 Å². The molecule has 0 unspecified atom stereocenters. The molecule has 8 nitrogen and oxygen atoms in total. The van der Waals surface area contributed by atoms with Crippen molar-refractivity contribution in [2.45, 2.75) is 46.3 Å². The zero-order chi connectivity index (χ0) is 27.2. The predicted molar refractivity (Wildman–Crippen MR) is 151 cm³/mol. The molecule has 3 aromatic carbocycles. The first-order valence-corrected chi connectivity index (χ1v) is 13.2. The molecule has 0 aliphatic carbocycles. The second-order valence-electron chi connectivity index (χ2n) is 9.66. The van der Waals surface area contributed by atoms with Crippen molar-refractivity contribution in [1.82, 2.24) is 30.2 Å². The number of nitrogens with zero attached hydrogens (tertiary/aromatic N) is 5. The molecule has 0 amide bonds. The molecule has 0 saturated heterocycles. The summed E-state index contributed by atoms with van der Waals surface area (Å²) in [4.78, 5) is 18.7. The molecule has 0 aliphatic heterocycles. The van der Waals surface area contributed by atoms with E-state index < -0.39 is 0 Å². The van der Waals surface area contributed by atoms with Gasteiger partial charge in [0.1, 0.15) is 5.82 Å². The summed E-state index contributed by atoms with van der Waals surface area (Å²) < 4.78 is 7.12. The molecule has 0 bridgehead atoms. The number of hydrogen-bond acceptors (Lipinski definition) is 6. The van der Waals surface area contributed by atoms with Gasteiger partial charge in [0.05, 0.1) is 13.2 Å². The summed E-state index contributed by atoms with van der Waals surface area (Å²) >= 11 is 0. The van der Waals surface area contributed by atoms with Gasteiger partial charge in [0.25, 0.3) is 5.56 Å². The summed E-state index contributed by atoms with van der Waals surface area (Å²) in [6.45, 7) is 5.06. The summed E-state index contributed by atoms with van der Waals surface area (Å²) in [5.74, 6) is 1.44. The highest BCUT2D eigenvalue weighted by Gasteiger charge is 2.16. The second-order valence-corrected chi connectivity index (χ2v) is 9.66. The maximum atomic E-state index is 13.8. The molecule has 5 rings (SSSR count). The number of nitrogens with one attached hydrogen (secondary N) is 1. The van der Waals surface area contributed by atoms with Gasteiger partial charge in [-0.25, -0.2) is 10.1 Å². The van der Waals surface area contributed by atoms with Crippen LogP contribution in [0.15, 0.2) is 77.6 Å². The highest BCUT2D eigenvalue weighted by atomic mass is 16.5. The number of tetrazole rings is 1. The lowest BCUT2D eigenvalue weighted by molar-refractivity contribution is 0.185. The fourth-order valence-corrected chi connectivity index (χ4v) is 4.92. The molecule has 198 valence electrons. The van der Waals surface area contributed by atoms with Crippen LogP contribution in [-0.2, 0) is 30.7 Å². The van der Waals surface area contributed by atoms with Gasteiger partial charge < -0.3 is 4.74 Å². The van der Waals surface area contributed by atoms with E-state index in [4.69, 9.17) is 9.72 Å². The number of ether oxygens (including phenoxy) is 1. The van der Waals surface area contributed by atoms with E-state index in [-0.39, 0.29) is 5.56 Å². The van der Waals surface area contributed by atoms with Crippen molar-refractivity contribution in [3.05, 3.63) is 117 Å². The smallest absolute Gasteiger partial charge is 0.257 e. The van der Waals surface area contributed by atoms with Gasteiger partial charge in [0, 0.05) is 36.8 Å². The van der Waals surface area contributed by atoms with Gasteiger partial charge in [-0.3, -0.25) is 9.36 Å². The number of aromatic amines is 1. The average molecular weight is 521 g/mol. The minimum Gasteiger partial charge on any atom is -0.380 e. The molecule has 1 N–H and O–H groups in total. The molecule has 2 aromatic heterocycles. The highest BCUT2D eigenvalue weighted by molar-refractivity contribution is 5.80. The summed E-state index contributed by atoms with van der Waals surface area (Å²) in [7, 11) is 1.69. The SMILES string of the molecule is CCCc1nc(C)c(Cc2cccc(COC)c2)c(=O)n1Cc1ccc(-c2ccccc2-c2nnn[nH]2)cc1. The lowest BCUT2D eigenvalue weighted by atomic mass is 9.98. The van der Waals surface area contributed by atoms with Gasteiger partial charge in [0.15, 0.2) is 5.82 Å². The molecule has 2 heterocycles. The van der Waals surface area contributed by atoms with Crippen LogP contribution in [-0.4, -0.2) is 37.3 Å². The molecule has 0 aliphatic rings. The fraction of sp³-hybridized carbons (Fsp3) is 0.258. The quantitative estimate of drug-likeness (QED) is 0.274. The Labute approximate surface area is 227 Å². The van der Waals surface area contributed by atoms with E-state index in [2.05, 4.69) is 63.9 Å². The number of benzene rings is 3. The van der Waals surface area contributed by atoms with Gasteiger partial charge in [-0.2, -0.15) is 0 Å². The Hall–Kier alpha value is -4.43. The summed E-state index contributed by atoms with van der Waals surface area (Å²) in [6, 6.07) is 24.5. The molecule has 0 radical (unpaired) electrons. The van der Waals surface area contributed by atoms with Crippen LogP contribution < -0.4 is 5.56 Å². The van der Waals surface area contributed by atoms with E-state index >= 15 is 0 Å². The lowest BCUT2D eigenvalue weighted by Crippen LogP contribution is -2.30. The third kappa shape index (κ3) is 5.86. The molecule has 5 aromatic rings. The van der Waals surface area contributed by atoms with Crippen molar-refractivity contribution in [3.63, 3.8) is 0 Å². The van der Waals surface area contributed by atoms with E-state index in [0.717, 1.165) is 63.3 Å². The molecule has 0 atom stereocenters.